The lowest BCUT2D eigenvalue weighted by Gasteiger charge is -2.22. The van der Waals surface area contributed by atoms with Gasteiger partial charge in [-0.3, -0.25) is 0 Å². The van der Waals surface area contributed by atoms with Gasteiger partial charge in [-0.2, -0.15) is 0 Å². The number of anilines is 2. The van der Waals surface area contributed by atoms with Crippen LogP contribution in [0, 0.1) is 12.7 Å². The van der Waals surface area contributed by atoms with Crippen molar-refractivity contribution in [2.75, 3.05) is 11.9 Å². The Morgan fingerprint density at radius 2 is 1.85 bits per heavy atom. The van der Waals surface area contributed by atoms with Gasteiger partial charge in [0, 0.05) is 18.8 Å². The Hall–Kier alpha value is -1.87. The molecule has 2 nitrogen and oxygen atoms in total. The minimum Gasteiger partial charge on any atom is -0.342 e. The predicted octanol–water partition coefficient (Wildman–Crippen LogP) is 3.79. The number of para-hydroxylation sites is 1. The second kappa shape index (κ2) is 6.06. The maximum atomic E-state index is 13.9. The minimum absolute atomic E-state index is 0.143. The van der Waals surface area contributed by atoms with E-state index < -0.39 is 0 Å². The lowest BCUT2D eigenvalue weighted by molar-refractivity contribution is 0.627. The molecule has 2 aromatic carbocycles. The zero-order valence-corrected chi connectivity index (χ0v) is 12.2. The first-order chi connectivity index (χ1) is 9.49. The van der Waals surface area contributed by atoms with Crippen molar-refractivity contribution in [2.24, 2.45) is 5.73 Å². The Morgan fingerprint density at radius 3 is 2.45 bits per heavy atom. The molecule has 106 valence electrons. The van der Waals surface area contributed by atoms with Gasteiger partial charge in [0.2, 0.25) is 0 Å². The van der Waals surface area contributed by atoms with Gasteiger partial charge in [-0.05, 0) is 49.6 Å². The van der Waals surface area contributed by atoms with Gasteiger partial charge in [0.15, 0.2) is 0 Å². The van der Waals surface area contributed by atoms with E-state index in [2.05, 4.69) is 12.1 Å². The maximum Gasteiger partial charge on any atom is 0.146 e. The van der Waals surface area contributed by atoms with Crippen molar-refractivity contribution >= 4 is 11.4 Å². The van der Waals surface area contributed by atoms with Gasteiger partial charge in [0.25, 0.3) is 0 Å². The van der Waals surface area contributed by atoms with E-state index in [1.165, 1.54) is 11.6 Å². The van der Waals surface area contributed by atoms with Gasteiger partial charge in [-0.15, -0.1) is 0 Å². The number of hydrogen-bond donors (Lipinski definition) is 1. The van der Waals surface area contributed by atoms with E-state index in [0.29, 0.717) is 5.69 Å². The van der Waals surface area contributed by atoms with Crippen LogP contribution in [0.5, 0.6) is 0 Å². The molecule has 0 bridgehead atoms. The molecule has 0 spiro atoms. The molecule has 0 radical (unpaired) electrons. The Balaban J connectivity index is 2.31. The Kier molecular flexibility index (Phi) is 4.40. The molecule has 0 aliphatic carbocycles. The molecular formula is C17H21FN2. The topological polar surface area (TPSA) is 29.3 Å². The summed E-state index contributed by atoms with van der Waals surface area (Å²) in [5.74, 6) is -0.214. The Bertz CT molecular complexity index is 593. The summed E-state index contributed by atoms with van der Waals surface area (Å²) in [6, 6.07) is 13.2. The van der Waals surface area contributed by atoms with Crippen molar-refractivity contribution in [3.63, 3.8) is 0 Å². The fraction of sp³-hybridized carbons (Fsp3) is 0.294. The summed E-state index contributed by atoms with van der Waals surface area (Å²) in [6.07, 6.45) is 0.852. The standard InChI is InChI=1S/C17H21FN2/c1-12-10-14(11-13(2)19)8-9-16(12)20(3)17-7-5-4-6-15(17)18/h4-10,13H,11,19H2,1-3H3. The van der Waals surface area contributed by atoms with E-state index in [4.69, 9.17) is 5.73 Å². The minimum atomic E-state index is -0.214. The number of rotatable bonds is 4. The van der Waals surface area contributed by atoms with Gasteiger partial charge in [0.05, 0.1) is 5.69 Å². The maximum absolute atomic E-state index is 13.9. The van der Waals surface area contributed by atoms with Crippen LogP contribution in [-0.2, 0) is 6.42 Å². The van der Waals surface area contributed by atoms with Crippen molar-refractivity contribution in [3.05, 3.63) is 59.4 Å². The second-order valence-corrected chi connectivity index (χ2v) is 5.31. The molecule has 0 aromatic heterocycles. The van der Waals surface area contributed by atoms with Crippen molar-refractivity contribution in [1.29, 1.82) is 0 Å². The molecule has 0 aliphatic heterocycles. The van der Waals surface area contributed by atoms with E-state index in [0.717, 1.165) is 17.7 Å². The van der Waals surface area contributed by atoms with Crippen LogP contribution in [0.3, 0.4) is 0 Å². The van der Waals surface area contributed by atoms with Crippen LogP contribution in [0.2, 0.25) is 0 Å². The molecule has 0 saturated heterocycles. The summed E-state index contributed by atoms with van der Waals surface area (Å²) in [7, 11) is 1.88. The molecule has 2 aromatic rings. The van der Waals surface area contributed by atoms with E-state index in [1.54, 1.807) is 12.1 Å². The molecule has 1 atom stereocenters. The lowest BCUT2D eigenvalue weighted by atomic mass is 10.0. The Morgan fingerprint density at radius 1 is 1.15 bits per heavy atom. The largest absolute Gasteiger partial charge is 0.342 e. The molecule has 0 fully saturated rings. The van der Waals surface area contributed by atoms with Crippen molar-refractivity contribution in [2.45, 2.75) is 26.3 Å². The summed E-state index contributed by atoms with van der Waals surface area (Å²) in [6.45, 7) is 4.03. The van der Waals surface area contributed by atoms with E-state index in [1.807, 2.05) is 37.9 Å². The number of nitrogens with two attached hydrogens (primary N) is 1. The smallest absolute Gasteiger partial charge is 0.146 e. The molecule has 0 aliphatic rings. The highest BCUT2D eigenvalue weighted by molar-refractivity contribution is 5.66. The summed E-state index contributed by atoms with van der Waals surface area (Å²) >= 11 is 0. The molecule has 1 unspecified atom stereocenters. The van der Waals surface area contributed by atoms with Crippen molar-refractivity contribution in [3.8, 4) is 0 Å². The summed E-state index contributed by atoms with van der Waals surface area (Å²) in [5, 5.41) is 0. The molecular weight excluding hydrogens is 251 g/mol. The quantitative estimate of drug-likeness (QED) is 0.917. The molecule has 2 rings (SSSR count). The van der Waals surface area contributed by atoms with Gasteiger partial charge >= 0.3 is 0 Å². The summed E-state index contributed by atoms with van der Waals surface area (Å²) < 4.78 is 13.9. The van der Waals surface area contributed by atoms with E-state index in [9.17, 15) is 4.39 Å². The van der Waals surface area contributed by atoms with Crippen LogP contribution in [0.4, 0.5) is 15.8 Å². The molecule has 0 heterocycles. The highest BCUT2D eigenvalue weighted by atomic mass is 19.1. The van der Waals surface area contributed by atoms with Crippen molar-refractivity contribution < 1.29 is 4.39 Å². The highest BCUT2D eigenvalue weighted by Crippen LogP contribution is 2.29. The fourth-order valence-electron chi connectivity index (χ4n) is 2.45. The summed E-state index contributed by atoms with van der Waals surface area (Å²) in [4.78, 5) is 1.88. The number of benzene rings is 2. The number of nitrogens with zero attached hydrogens (tertiary/aromatic N) is 1. The van der Waals surface area contributed by atoms with Crippen LogP contribution >= 0.6 is 0 Å². The molecule has 0 amide bonds. The fourth-order valence-corrected chi connectivity index (χ4v) is 2.45. The van der Waals surface area contributed by atoms with Gasteiger partial charge < -0.3 is 10.6 Å². The zero-order chi connectivity index (χ0) is 14.7. The number of hydrogen-bond acceptors (Lipinski definition) is 2. The highest BCUT2D eigenvalue weighted by Gasteiger charge is 2.11. The molecule has 20 heavy (non-hydrogen) atoms. The molecule has 3 heteroatoms. The van der Waals surface area contributed by atoms with Crippen molar-refractivity contribution in [1.82, 2.24) is 0 Å². The van der Waals surface area contributed by atoms with E-state index in [-0.39, 0.29) is 11.9 Å². The third kappa shape index (κ3) is 3.17. The number of halogens is 1. The monoisotopic (exact) mass is 272 g/mol. The Labute approximate surface area is 120 Å². The number of aryl methyl sites for hydroxylation is 1. The summed E-state index contributed by atoms with van der Waals surface area (Å²) in [5.41, 5.74) is 9.74. The lowest BCUT2D eigenvalue weighted by Crippen LogP contribution is -2.18. The average molecular weight is 272 g/mol. The third-order valence-corrected chi connectivity index (χ3v) is 3.39. The second-order valence-electron chi connectivity index (χ2n) is 5.31. The van der Waals surface area contributed by atoms with Gasteiger partial charge in [-0.25, -0.2) is 4.39 Å². The van der Waals surface area contributed by atoms with E-state index >= 15 is 0 Å². The SMILES string of the molecule is Cc1cc(CC(C)N)ccc1N(C)c1ccccc1F. The van der Waals surface area contributed by atoms with Gasteiger partial charge in [0.1, 0.15) is 5.82 Å². The van der Waals surface area contributed by atoms with Crippen LogP contribution in [0.15, 0.2) is 42.5 Å². The van der Waals surface area contributed by atoms with Crippen LogP contribution in [0.1, 0.15) is 18.1 Å². The first-order valence-electron chi connectivity index (χ1n) is 6.82. The molecule has 0 saturated carbocycles. The van der Waals surface area contributed by atoms with Gasteiger partial charge in [-0.1, -0.05) is 24.3 Å². The first kappa shape index (κ1) is 14.5. The van der Waals surface area contributed by atoms with Crippen LogP contribution in [-0.4, -0.2) is 13.1 Å². The zero-order valence-electron chi connectivity index (χ0n) is 12.2. The van der Waals surface area contributed by atoms with Crippen LogP contribution in [0.25, 0.3) is 0 Å². The third-order valence-electron chi connectivity index (χ3n) is 3.39. The average Bonchev–Trinajstić information content (AvgIpc) is 2.38. The molecule has 2 N–H and O–H groups in total. The predicted molar refractivity (Wildman–Crippen MR) is 83.0 cm³/mol. The first-order valence-corrected chi connectivity index (χ1v) is 6.82. The van der Waals surface area contributed by atoms with Crippen LogP contribution < -0.4 is 10.6 Å². The normalized spacial score (nSPS) is 12.2.